The second-order valence-electron chi connectivity index (χ2n) is 3.95. The first-order chi connectivity index (χ1) is 8.38. The molecule has 0 saturated carbocycles. The minimum absolute atomic E-state index is 0.602. The summed E-state index contributed by atoms with van der Waals surface area (Å²) >= 11 is 1.79. The number of nitrogens with two attached hydrogens (primary N) is 1. The van der Waals surface area contributed by atoms with Crippen LogP contribution >= 0.6 is 11.8 Å². The van der Waals surface area contributed by atoms with Gasteiger partial charge in [-0.1, -0.05) is 12.1 Å². The van der Waals surface area contributed by atoms with Crippen molar-refractivity contribution in [3.63, 3.8) is 0 Å². The number of nitrogens with zero attached hydrogens (tertiary/aromatic N) is 1. The summed E-state index contributed by atoms with van der Waals surface area (Å²) in [6.07, 6.45) is 2.04. The molecule has 0 fully saturated rings. The zero-order chi connectivity index (χ0) is 11.9. The molecule has 1 aliphatic heterocycles. The second kappa shape index (κ2) is 6.67. The van der Waals surface area contributed by atoms with Crippen molar-refractivity contribution in [2.45, 2.75) is 12.8 Å². The van der Waals surface area contributed by atoms with Crippen molar-refractivity contribution < 1.29 is 4.74 Å². The first-order valence-corrected chi connectivity index (χ1v) is 6.95. The van der Waals surface area contributed by atoms with Gasteiger partial charge in [0.05, 0.1) is 0 Å². The van der Waals surface area contributed by atoms with Gasteiger partial charge in [-0.05, 0) is 37.1 Å². The van der Waals surface area contributed by atoms with E-state index in [1.165, 1.54) is 5.56 Å². The van der Waals surface area contributed by atoms with Gasteiger partial charge in [0.25, 0.3) is 0 Å². The van der Waals surface area contributed by atoms with Crippen LogP contribution in [0.5, 0.6) is 5.75 Å². The van der Waals surface area contributed by atoms with Crippen LogP contribution in [0.2, 0.25) is 0 Å². The molecule has 4 heteroatoms. The predicted octanol–water partition coefficient (Wildman–Crippen LogP) is 2.10. The molecule has 0 aliphatic carbocycles. The van der Waals surface area contributed by atoms with E-state index in [0.29, 0.717) is 6.61 Å². The number of benzene rings is 1. The van der Waals surface area contributed by atoms with Gasteiger partial charge in [0.2, 0.25) is 0 Å². The molecule has 1 aromatic carbocycles. The molecule has 17 heavy (non-hydrogen) atoms. The number of hydrogen-bond acceptors (Lipinski definition) is 4. The third kappa shape index (κ3) is 4.06. The minimum Gasteiger partial charge on any atom is -0.487 e. The molecule has 92 valence electrons. The van der Waals surface area contributed by atoms with Crippen LogP contribution in [-0.4, -0.2) is 30.5 Å². The Hall–Kier alpha value is -1.00. The van der Waals surface area contributed by atoms with Gasteiger partial charge in [-0.2, -0.15) is 0 Å². The van der Waals surface area contributed by atoms with E-state index in [1.54, 1.807) is 11.8 Å². The number of aryl methyl sites for hydroxylation is 1. The Morgan fingerprint density at radius 1 is 1.41 bits per heavy atom. The van der Waals surface area contributed by atoms with Gasteiger partial charge in [0.15, 0.2) is 0 Å². The van der Waals surface area contributed by atoms with Crippen LogP contribution in [0, 0.1) is 0 Å². The fraction of sp³-hybridized carbons (Fsp3) is 0.462. The van der Waals surface area contributed by atoms with Gasteiger partial charge in [0.1, 0.15) is 17.4 Å². The van der Waals surface area contributed by atoms with Crippen LogP contribution in [-0.2, 0) is 6.42 Å². The van der Waals surface area contributed by atoms with E-state index in [4.69, 9.17) is 10.5 Å². The molecule has 0 atom stereocenters. The Labute approximate surface area is 106 Å². The summed E-state index contributed by atoms with van der Waals surface area (Å²) in [5, 5.41) is 1.11. The standard InChI is InChI=1S/C13H18N2OS/c14-6-2-4-11-3-1-5-12(9-11)16-10-13-15-7-8-17-13/h1,3,5,9H,2,4,6-8,10,14H2. The quantitative estimate of drug-likeness (QED) is 0.841. The van der Waals surface area contributed by atoms with Crippen molar-refractivity contribution in [2.24, 2.45) is 10.7 Å². The molecule has 1 aromatic rings. The molecule has 2 rings (SSSR count). The summed E-state index contributed by atoms with van der Waals surface area (Å²) in [7, 11) is 0. The molecular weight excluding hydrogens is 232 g/mol. The highest BCUT2D eigenvalue weighted by Crippen LogP contribution is 2.17. The topological polar surface area (TPSA) is 47.6 Å². The smallest absolute Gasteiger partial charge is 0.136 e. The van der Waals surface area contributed by atoms with E-state index in [0.717, 1.165) is 42.5 Å². The Balaban J connectivity index is 1.86. The predicted molar refractivity (Wildman–Crippen MR) is 74.1 cm³/mol. The Morgan fingerprint density at radius 3 is 3.12 bits per heavy atom. The third-order valence-corrected chi connectivity index (χ3v) is 3.55. The fourth-order valence-electron chi connectivity index (χ4n) is 1.71. The van der Waals surface area contributed by atoms with E-state index in [-0.39, 0.29) is 0 Å². The first kappa shape index (κ1) is 12.5. The van der Waals surface area contributed by atoms with Crippen LogP contribution < -0.4 is 10.5 Å². The largest absolute Gasteiger partial charge is 0.487 e. The van der Waals surface area contributed by atoms with E-state index < -0.39 is 0 Å². The highest BCUT2D eigenvalue weighted by molar-refractivity contribution is 8.14. The van der Waals surface area contributed by atoms with Crippen LogP contribution in [0.1, 0.15) is 12.0 Å². The van der Waals surface area contributed by atoms with Crippen LogP contribution in [0.15, 0.2) is 29.3 Å². The Kier molecular flexibility index (Phi) is 4.88. The number of rotatable bonds is 6. The first-order valence-electron chi connectivity index (χ1n) is 5.96. The van der Waals surface area contributed by atoms with E-state index in [9.17, 15) is 0 Å². The van der Waals surface area contributed by atoms with Crippen molar-refractivity contribution in [1.82, 2.24) is 0 Å². The molecule has 0 amide bonds. The molecule has 0 radical (unpaired) electrons. The molecule has 1 aliphatic rings. The molecule has 0 spiro atoms. The summed E-state index contributed by atoms with van der Waals surface area (Å²) in [4.78, 5) is 4.36. The molecule has 0 unspecified atom stereocenters. The second-order valence-corrected chi connectivity index (χ2v) is 5.12. The Morgan fingerprint density at radius 2 is 2.35 bits per heavy atom. The van der Waals surface area contributed by atoms with E-state index in [1.807, 2.05) is 12.1 Å². The summed E-state index contributed by atoms with van der Waals surface area (Å²) in [6.45, 7) is 2.27. The SMILES string of the molecule is NCCCc1cccc(OCC2=NCCS2)c1. The Bertz CT molecular complexity index is 393. The molecule has 3 nitrogen and oxygen atoms in total. The van der Waals surface area contributed by atoms with Gasteiger partial charge in [-0.15, -0.1) is 11.8 Å². The highest BCUT2D eigenvalue weighted by Gasteiger charge is 2.07. The lowest BCUT2D eigenvalue weighted by atomic mass is 10.1. The van der Waals surface area contributed by atoms with Crippen molar-refractivity contribution in [3.8, 4) is 5.75 Å². The monoisotopic (exact) mass is 250 g/mol. The maximum absolute atomic E-state index is 5.73. The average Bonchev–Trinajstić information content (AvgIpc) is 2.87. The summed E-state index contributed by atoms with van der Waals surface area (Å²) < 4.78 is 5.73. The molecule has 0 saturated heterocycles. The summed E-state index contributed by atoms with van der Waals surface area (Å²) in [5.41, 5.74) is 6.79. The van der Waals surface area contributed by atoms with Gasteiger partial charge >= 0.3 is 0 Å². The summed E-state index contributed by atoms with van der Waals surface area (Å²) in [6, 6.07) is 8.23. The molecular formula is C13H18N2OS. The maximum atomic E-state index is 5.73. The van der Waals surface area contributed by atoms with Gasteiger partial charge in [-0.3, -0.25) is 4.99 Å². The minimum atomic E-state index is 0.602. The van der Waals surface area contributed by atoms with Gasteiger partial charge < -0.3 is 10.5 Å². The number of aliphatic imine (C=N–C) groups is 1. The van der Waals surface area contributed by atoms with Crippen molar-refractivity contribution in [2.75, 3.05) is 25.4 Å². The fourth-order valence-corrected chi connectivity index (χ4v) is 2.45. The van der Waals surface area contributed by atoms with Gasteiger partial charge in [0, 0.05) is 12.3 Å². The summed E-state index contributed by atoms with van der Waals surface area (Å²) in [5.74, 6) is 2.02. The van der Waals surface area contributed by atoms with Crippen LogP contribution in [0.4, 0.5) is 0 Å². The van der Waals surface area contributed by atoms with Crippen LogP contribution in [0.25, 0.3) is 0 Å². The number of ether oxygens (including phenoxy) is 1. The average molecular weight is 250 g/mol. The lowest BCUT2D eigenvalue weighted by Gasteiger charge is -2.07. The molecule has 2 N–H and O–H groups in total. The van der Waals surface area contributed by atoms with Crippen LogP contribution in [0.3, 0.4) is 0 Å². The zero-order valence-electron chi connectivity index (χ0n) is 9.89. The van der Waals surface area contributed by atoms with Gasteiger partial charge in [-0.25, -0.2) is 0 Å². The lowest BCUT2D eigenvalue weighted by Crippen LogP contribution is -2.06. The molecule has 1 heterocycles. The maximum Gasteiger partial charge on any atom is 0.136 e. The highest BCUT2D eigenvalue weighted by atomic mass is 32.2. The zero-order valence-corrected chi connectivity index (χ0v) is 10.7. The molecule has 0 aromatic heterocycles. The normalized spacial score (nSPS) is 14.8. The third-order valence-electron chi connectivity index (χ3n) is 2.58. The number of hydrogen-bond donors (Lipinski definition) is 1. The lowest BCUT2D eigenvalue weighted by molar-refractivity contribution is 0.378. The van der Waals surface area contributed by atoms with E-state index in [2.05, 4.69) is 17.1 Å². The van der Waals surface area contributed by atoms with Crippen molar-refractivity contribution in [1.29, 1.82) is 0 Å². The number of thioether (sulfide) groups is 1. The van der Waals surface area contributed by atoms with E-state index >= 15 is 0 Å². The van der Waals surface area contributed by atoms with Crippen molar-refractivity contribution >= 4 is 16.8 Å². The van der Waals surface area contributed by atoms with Crippen molar-refractivity contribution in [3.05, 3.63) is 29.8 Å². The molecule has 0 bridgehead atoms.